The topological polar surface area (TPSA) is 20.2 Å². The van der Waals surface area contributed by atoms with Crippen LogP contribution in [0.25, 0.3) is 0 Å². The zero-order chi connectivity index (χ0) is 12.1. The second-order valence-corrected chi connectivity index (χ2v) is 5.54. The smallest absolute Gasteiger partial charge is 0.0750 e. The van der Waals surface area contributed by atoms with E-state index < -0.39 is 0 Å². The molecule has 1 aliphatic carbocycles. The van der Waals surface area contributed by atoms with Crippen molar-refractivity contribution in [1.29, 1.82) is 0 Å². The lowest BCUT2D eigenvalue weighted by Gasteiger charge is -2.32. The highest BCUT2D eigenvalue weighted by Gasteiger charge is 2.26. The lowest BCUT2D eigenvalue weighted by Crippen LogP contribution is -2.25. The fourth-order valence-corrected chi connectivity index (χ4v) is 2.50. The number of allylic oxidation sites excluding steroid dienone is 2. The van der Waals surface area contributed by atoms with Gasteiger partial charge in [-0.15, -0.1) is 0 Å². The molecule has 0 saturated heterocycles. The summed E-state index contributed by atoms with van der Waals surface area (Å²) in [6.45, 7) is 10.5. The minimum atomic E-state index is -0.246. The van der Waals surface area contributed by atoms with Crippen molar-refractivity contribution >= 4 is 0 Å². The van der Waals surface area contributed by atoms with Crippen LogP contribution in [0.15, 0.2) is 23.8 Å². The Morgan fingerprint density at radius 3 is 2.81 bits per heavy atom. The first kappa shape index (κ1) is 13.5. The summed E-state index contributed by atoms with van der Waals surface area (Å²) < 4.78 is 0. The molecule has 0 aliphatic heterocycles. The van der Waals surface area contributed by atoms with Gasteiger partial charge in [-0.25, -0.2) is 0 Å². The van der Waals surface area contributed by atoms with Crippen LogP contribution in [0.3, 0.4) is 0 Å². The van der Waals surface area contributed by atoms with Crippen molar-refractivity contribution < 1.29 is 5.11 Å². The second kappa shape index (κ2) is 6.24. The molecule has 92 valence electrons. The predicted molar refractivity (Wildman–Crippen MR) is 70.3 cm³/mol. The largest absolute Gasteiger partial charge is 0.389 e. The second-order valence-electron chi connectivity index (χ2n) is 5.54. The van der Waals surface area contributed by atoms with Crippen molar-refractivity contribution in [2.24, 2.45) is 11.8 Å². The predicted octanol–water partition coefficient (Wildman–Crippen LogP) is 4.09. The van der Waals surface area contributed by atoms with E-state index in [4.69, 9.17) is 0 Å². The van der Waals surface area contributed by atoms with Gasteiger partial charge < -0.3 is 5.11 Å². The molecular formula is C15H26O. The van der Waals surface area contributed by atoms with Crippen LogP contribution in [0, 0.1) is 11.8 Å². The summed E-state index contributed by atoms with van der Waals surface area (Å²) in [5.41, 5.74) is 2.44. The molecule has 1 N–H and O–H groups in total. The van der Waals surface area contributed by atoms with Crippen LogP contribution in [0.1, 0.15) is 52.9 Å². The first-order valence-electron chi connectivity index (χ1n) is 6.49. The summed E-state index contributed by atoms with van der Waals surface area (Å²) in [7, 11) is 0. The average molecular weight is 222 g/mol. The van der Waals surface area contributed by atoms with E-state index in [9.17, 15) is 5.11 Å². The van der Waals surface area contributed by atoms with E-state index in [-0.39, 0.29) is 6.10 Å². The molecular weight excluding hydrogens is 196 g/mol. The first-order chi connectivity index (χ1) is 7.50. The molecule has 0 aromatic heterocycles. The molecule has 1 nitrogen and oxygen atoms in total. The zero-order valence-electron chi connectivity index (χ0n) is 11.0. The van der Waals surface area contributed by atoms with Crippen molar-refractivity contribution in [3.05, 3.63) is 23.8 Å². The van der Waals surface area contributed by atoms with Gasteiger partial charge >= 0.3 is 0 Å². The van der Waals surface area contributed by atoms with Crippen molar-refractivity contribution in [2.45, 2.75) is 59.0 Å². The van der Waals surface area contributed by atoms with Crippen molar-refractivity contribution in [1.82, 2.24) is 0 Å². The van der Waals surface area contributed by atoms with Crippen LogP contribution in [-0.4, -0.2) is 11.2 Å². The Bertz CT molecular complexity index is 261. The van der Waals surface area contributed by atoms with Crippen LogP contribution in [0.4, 0.5) is 0 Å². The maximum Gasteiger partial charge on any atom is 0.0750 e. The van der Waals surface area contributed by atoms with Crippen molar-refractivity contribution in [2.75, 3.05) is 0 Å². The zero-order valence-corrected chi connectivity index (χ0v) is 11.0. The molecule has 1 aliphatic rings. The molecule has 0 heterocycles. The number of hydrogen-bond donors (Lipinski definition) is 1. The lowest BCUT2D eigenvalue weighted by atomic mass is 9.76. The molecule has 1 rings (SSSR count). The van der Waals surface area contributed by atoms with Gasteiger partial charge in [-0.05, 0) is 63.4 Å². The van der Waals surface area contributed by atoms with Crippen LogP contribution in [0.5, 0.6) is 0 Å². The summed E-state index contributed by atoms with van der Waals surface area (Å²) in [5.74, 6) is 1.41. The summed E-state index contributed by atoms with van der Waals surface area (Å²) in [6, 6.07) is 0. The van der Waals surface area contributed by atoms with E-state index in [1.165, 1.54) is 24.8 Å². The lowest BCUT2D eigenvalue weighted by molar-refractivity contribution is 0.124. The van der Waals surface area contributed by atoms with E-state index >= 15 is 0 Å². The summed E-state index contributed by atoms with van der Waals surface area (Å²) >= 11 is 0. The Labute approximate surface area is 100 Å². The van der Waals surface area contributed by atoms with E-state index in [0.717, 1.165) is 24.3 Å². The van der Waals surface area contributed by atoms with Gasteiger partial charge in [0.1, 0.15) is 0 Å². The van der Waals surface area contributed by atoms with Crippen molar-refractivity contribution in [3.63, 3.8) is 0 Å². The van der Waals surface area contributed by atoms with Crippen LogP contribution in [-0.2, 0) is 0 Å². The SMILES string of the molecule is C=C1CCC(C(C)CCC=C(C)C)CC1O. The van der Waals surface area contributed by atoms with E-state index in [1.54, 1.807) is 0 Å². The van der Waals surface area contributed by atoms with Gasteiger partial charge in [0.25, 0.3) is 0 Å². The molecule has 0 radical (unpaired) electrons. The fraction of sp³-hybridized carbons (Fsp3) is 0.733. The summed E-state index contributed by atoms with van der Waals surface area (Å²) in [4.78, 5) is 0. The minimum Gasteiger partial charge on any atom is -0.389 e. The third-order valence-corrected chi connectivity index (χ3v) is 3.81. The fourth-order valence-electron chi connectivity index (χ4n) is 2.50. The molecule has 1 heteroatoms. The Morgan fingerprint density at radius 1 is 1.56 bits per heavy atom. The third-order valence-electron chi connectivity index (χ3n) is 3.81. The highest BCUT2D eigenvalue weighted by molar-refractivity contribution is 5.06. The van der Waals surface area contributed by atoms with E-state index in [2.05, 4.69) is 33.4 Å². The molecule has 0 aromatic carbocycles. The average Bonchev–Trinajstić information content (AvgIpc) is 2.21. The van der Waals surface area contributed by atoms with Crippen molar-refractivity contribution in [3.8, 4) is 0 Å². The molecule has 3 unspecified atom stereocenters. The van der Waals surface area contributed by atoms with Crippen LogP contribution in [0.2, 0.25) is 0 Å². The Morgan fingerprint density at radius 2 is 2.25 bits per heavy atom. The highest BCUT2D eigenvalue weighted by Crippen LogP contribution is 2.34. The third kappa shape index (κ3) is 4.13. The highest BCUT2D eigenvalue weighted by atomic mass is 16.3. The van der Waals surface area contributed by atoms with Crippen LogP contribution >= 0.6 is 0 Å². The number of hydrogen-bond acceptors (Lipinski definition) is 1. The monoisotopic (exact) mass is 222 g/mol. The van der Waals surface area contributed by atoms with Gasteiger partial charge in [0.15, 0.2) is 0 Å². The molecule has 16 heavy (non-hydrogen) atoms. The van der Waals surface area contributed by atoms with Gasteiger partial charge in [0, 0.05) is 0 Å². The molecule has 1 saturated carbocycles. The first-order valence-corrected chi connectivity index (χ1v) is 6.49. The summed E-state index contributed by atoms with van der Waals surface area (Å²) in [5, 5.41) is 9.80. The Kier molecular flexibility index (Phi) is 5.27. The minimum absolute atomic E-state index is 0.246. The van der Waals surface area contributed by atoms with E-state index in [0.29, 0.717) is 5.92 Å². The van der Waals surface area contributed by atoms with Gasteiger partial charge in [0.05, 0.1) is 6.10 Å². The molecule has 1 fully saturated rings. The molecule has 0 spiro atoms. The van der Waals surface area contributed by atoms with Gasteiger partial charge in [-0.3, -0.25) is 0 Å². The molecule has 0 aromatic rings. The number of rotatable bonds is 4. The van der Waals surface area contributed by atoms with Gasteiger partial charge in [-0.1, -0.05) is 25.2 Å². The quantitative estimate of drug-likeness (QED) is 0.710. The molecule has 3 atom stereocenters. The van der Waals surface area contributed by atoms with Gasteiger partial charge in [-0.2, -0.15) is 0 Å². The number of aliphatic hydroxyl groups is 1. The maximum atomic E-state index is 9.80. The van der Waals surface area contributed by atoms with Gasteiger partial charge in [0.2, 0.25) is 0 Å². The Hall–Kier alpha value is -0.560. The Balaban J connectivity index is 2.34. The standard InChI is InChI=1S/C15H26O/c1-11(2)6-5-7-12(3)14-9-8-13(4)15(16)10-14/h6,12,14-16H,4-5,7-10H2,1-3H3. The molecule has 0 bridgehead atoms. The normalized spacial score (nSPS) is 27.6. The van der Waals surface area contributed by atoms with Crippen LogP contribution < -0.4 is 0 Å². The maximum absolute atomic E-state index is 9.80. The molecule has 0 amide bonds. The number of aliphatic hydroxyl groups excluding tert-OH is 1. The summed E-state index contributed by atoms with van der Waals surface area (Å²) in [6.07, 6.45) is 7.64. The van der Waals surface area contributed by atoms with E-state index in [1.807, 2.05) is 0 Å².